The van der Waals surface area contributed by atoms with E-state index in [-0.39, 0.29) is 0 Å². The highest BCUT2D eigenvalue weighted by Gasteiger charge is 2.24. The normalized spacial score (nSPS) is 17.9. The lowest BCUT2D eigenvalue weighted by atomic mass is 10.2. The Balaban J connectivity index is 1.48. The molecule has 0 saturated carbocycles. The van der Waals surface area contributed by atoms with Crippen LogP contribution in [0, 0.1) is 18.3 Å². The lowest BCUT2D eigenvalue weighted by Crippen LogP contribution is -2.48. The van der Waals surface area contributed by atoms with Crippen molar-refractivity contribution in [3.05, 3.63) is 23.5 Å². The highest BCUT2D eigenvalue weighted by Crippen LogP contribution is 2.24. The average Bonchev–Trinajstić information content (AvgIpc) is 2.79. The summed E-state index contributed by atoms with van der Waals surface area (Å²) in [6, 6.07) is 4.28. The summed E-state index contributed by atoms with van der Waals surface area (Å²) in [7, 11) is 2.15. The average molecular weight is 426 g/mol. The Labute approximate surface area is 181 Å². The fraction of sp³-hybridized carbons (Fsp3) is 0.550. The van der Waals surface area contributed by atoms with E-state index in [2.05, 4.69) is 53.7 Å². The molecule has 2 saturated heterocycles. The molecular formula is C20H27N9S. The molecule has 2 fully saturated rings. The number of aromatic nitrogens is 4. The number of hydrogen-bond acceptors (Lipinski definition) is 10. The zero-order chi connectivity index (χ0) is 21.1. The van der Waals surface area contributed by atoms with Crippen molar-refractivity contribution in [3.8, 4) is 6.07 Å². The molecule has 10 heteroatoms. The third kappa shape index (κ3) is 4.42. The first-order valence-corrected chi connectivity index (χ1v) is 11.4. The summed E-state index contributed by atoms with van der Waals surface area (Å²) in [5.74, 6) is 2.53. The second-order valence-electron chi connectivity index (χ2n) is 7.64. The molecule has 2 aliphatic rings. The molecule has 9 nitrogen and oxygen atoms in total. The summed E-state index contributed by atoms with van der Waals surface area (Å²) >= 11 is 1.49. The fourth-order valence-corrected chi connectivity index (χ4v) is 4.11. The molecule has 0 aliphatic carbocycles. The third-order valence-corrected chi connectivity index (χ3v) is 6.13. The number of hydrogen-bond donors (Lipinski definition) is 0. The predicted octanol–water partition coefficient (Wildman–Crippen LogP) is 1.25. The van der Waals surface area contributed by atoms with E-state index in [4.69, 9.17) is 4.98 Å². The summed E-state index contributed by atoms with van der Waals surface area (Å²) in [6.45, 7) is 9.21. The first kappa shape index (κ1) is 20.6. The van der Waals surface area contributed by atoms with Gasteiger partial charge in [-0.15, -0.1) is 0 Å². The maximum Gasteiger partial charge on any atom is 0.227 e. The Morgan fingerprint density at radius 3 is 2.27 bits per heavy atom. The molecule has 0 bridgehead atoms. The van der Waals surface area contributed by atoms with Crippen LogP contribution < -0.4 is 14.7 Å². The van der Waals surface area contributed by atoms with Crippen molar-refractivity contribution in [1.29, 1.82) is 5.26 Å². The number of piperazine rings is 2. The molecule has 0 aromatic carbocycles. The van der Waals surface area contributed by atoms with Crippen molar-refractivity contribution in [2.45, 2.75) is 12.1 Å². The molecule has 4 heterocycles. The number of nitriles is 1. The van der Waals surface area contributed by atoms with E-state index in [0.717, 1.165) is 75.6 Å². The van der Waals surface area contributed by atoms with Crippen LogP contribution >= 0.6 is 11.8 Å². The van der Waals surface area contributed by atoms with Crippen LogP contribution in [0.25, 0.3) is 0 Å². The second kappa shape index (κ2) is 9.02. The molecule has 4 rings (SSSR count). The third-order valence-electron chi connectivity index (χ3n) is 5.57. The maximum absolute atomic E-state index is 9.45. The van der Waals surface area contributed by atoms with E-state index in [1.165, 1.54) is 11.8 Å². The zero-order valence-corrected chi connectivity index (χ0v) is 18.6. The molecule has 0 spiro atoms. The number of anilines is 3. The lowest BCUT2D eigenvalue weighted by Gasteiger charge is -2.37. The molecule has 0 atom stereocenters. The van der Waals surface area contributed by atoms with Crippen molar-refractivity contribution < 1.29 is 0 Å². The van der Waals surface area contributed by atoms with Crippen molar-refractivity contribution in [2.24, 2.45) is 0 Å². The van der Waals surface area contributed by atoms with Crippen molar-refractivity contribution in [1.82, 2.24) is 24.8 Å². The van der Waals surface area contributed by atoms with Crippen LogP contribution in [0.3, 0.4) is 0 Å². The van der Waals surface area contributed by atoms with Gasteiger partial charge in [-0.05, 0) is 20.2 Å². The van der Waals surface area contributed by atoms with Gasteiger partial charge in [0.05, 0.1) is 6.20 Å². The topological polar surface area (TPSA) is 88.3 Å². The monoisotopic (exact) mass is 425 g/mol. The summed E-state index contributed by atoms with van der Waals surface area (Å²) in [5, 5.41) is 10.1. The van der Waals surface area contributed by atoms with Crippen molar-refractivity contribution in [3.63, 3.8) is 0 Å². The Hall–Kier alpha value is -2.64. The summed E-state index contributed by atoms with van der Waals surface area (Å²) in [5.41, 5.74) is 1.51. The van der Waals surface area contributed by atoms with Gasteiger partial charge in [-0.3, -0.25) is 0 Å². The van der Waals surface area contributed by atoms with E-state index in [1.54, 1.807) is 6.20 Å². The summed E-state index contributed by atoms with van der Waals surface area (Å²) in [6.07, 6.45) is 3.56. The number of likely N-dealkylation sites (N-methyl/N-ethyl adjacent to an activating group) is 1. The molecule has 0 amide bonds. The molecule has 0 radical (unpaired) electrons. The Bertz CT molecular complexity index is 928. The minimum atomic E-state index is 0.525. The maximum atomic E-state index is 9.45. The predicted molar refractivity (Wildman–Crippen MR) is 119 cm³/mol. The van der Waals surface area contributed by atoms with Gasteiger partial charge in [0.2, 0.25) is 5.95 Å². The van der Waals surface area contributed by atoms with Gasteiger partial charge in [0, 0.05) is 64.1 Å². The lowest BCUT2D eigenvalue weighted by molar-refractivity contribution is 0.311. The largest absolute Gasteiger partial charge is 0.353 e. The van der Waals surface area contributed by atoms with Gasteiger partial charge in [-0.25, -0.2) is 15.0 Å². The van der Waals surface area contributed by atoms with Gasteiger partial charge >= 0.3 is 0 Å². The van der Waals surface area contributed by atoms with Gasteiger partial charge in [0.25, 0.3) is 0 Å². The highest BCUT2D eigenvalue weighted by atomic mass is 32.2. The molecule has 2 aliphatic heterocycles. The fourth-order valence-electron chi connectivity index (χ4n) is 3.77. The van der Waals surface area contributed by atoms with Crippen molar-refractivity contribution in [2.75, 3.05) is 80.4 Å². The molecule has 0 N–H and O–H groups in total. The molecule has 158 valence electrons. The van der Waals surface area contributed by atoms with Gasteiger partial charge in [0.15, 0.2) is 11.0 Å². The second-order valence-corrected chi connectivity index (χ2v) is 8.41. The van der Waals surface area contributed by atoms with E-state index < -0.39 is 0 Å². The first-order valence-electron chi connectivity index (χ1n) is 10.2. The molecule has 2 aromatic heterocycles. The highest BCUT2D eigenvalue weighted by molar-refractivity contribution is 7.98. The standard InChI is InChI=1S/C20H27N9S/c1-15-12-17(24-19(23-15)29-6-4-26(2)5-7-29)27-8-10-28(11-9-27)18-16(13-21)14-22-20(25-18)30-3/h12,14H,4-11H2,1-3H3. The van der Waals surface area contributed by atoms with E-state index in [1.807, 2.05) is 13.2 Å². The number of rotatable bonds is 4. The molecule has 0 unspecified atom stereocenters. The summed E-state index contributed by atoms with van der Waals surface area (Å²) in [4.78, 5) is 27.5. The molecule has 30 heavy (non-hydrogen) atoms. The Kier molecular flexibility index (Phi) is 6.20. The van der Waals surface area contributed by atoms with Crippen LogP contribution in [0.15, 0.2) is 17.4 Å². The number of thioether (sulfide) groups is 1. The van der Waals surface area contributed by atoms with Crippen LogP contribution in [-0.2, 0) is 0 Å². The minimum Gasteiger partial charge on any atom is -0.353 e. The Morgan fingerprint density at radius 1 is 0.933 bits per heavy atom. The number of nitrogens with zero attached hydrogens (tertiary/aromatic N) is 9. The van der Waals surface area contributed by atoms with Crippen LogP contribution in [0.5, 0.6) is 0 Å². The van der Waals surface area contributed by atoms with Gasteiger partial charge in [-0.1, -0.05) is 11.8 Å². The smallest absolute Gasteiger partial charge is 0.227 e. The number of aryl methyl sites for hydroxylation is 1. The van der Waals surface area contributed by atoms with E-state index in [0.29, 0.717) is 10.7 Å². The zero-order valence-electron chi connectivity index (χ0n) is 17.7. The molecule has 2 aromatic rings. The van der Waals surface area contributed by atoms with Crippen LogP contribution in [0.2, 0.25) is 0 Å². The van der Waals surface area contributed by atoms with Gasteiger partial charge in [0.1, 0.15) is 17.5 Å². The van der Waals surface area contributed by atoms with E-state index >= 15 is 0 Å². The van der Waals surface area contributed by atoms with Crippen LogP contribution in [0.1, 0.15) is 11.3 Å². The van der Waals surface area contributed by atoms with Crippen molar-refractivity contribution >= 4 is 29.3 Å². The SMILES string of the molecule is CSc1ncc(C#N)c(N2CCN(c3cc(C)nc(N4CCN(C)CC4)n3)CC2)n1. The van der Waals surface area contributed by atoms with E-state index in [9.17, 15) is 5.26 Å². The molecular weight excluding hydrogens is 398 g/mol. The summed E-state index contributed by atoms with van der Waals surface area (Å²) < 4.78 is 0. The van der Waals surface area contributed by atoms with Crippen LogP contribution in [-0.4, -0.2) is 90.5 Å². The van der Waals surface area contributed by atoms with Gasteiger partial charge in [-0.2, -0.15) is 10.2 Å². The van der Waals surface area contributed by atoms with Gasteiger partial charge < -0.3 is 19.6 Å². The first-order chi connectivity index (χ1) is 14.6. The quantitative estimate of drug-likeness (QED) is 0.527. The Morgan fingerprint density at radius 2 is 1.60 bits per heavy atom. The van der Waals surface area contributed by atoms with Crippen LogP contribution in [0.4, 0.5) is 17.6 Å². The minimum absolute atomic E-state index is 0.525.